The maximum atomic E-state index is 5.76. The smallest absolute Gasteiger partial charge is 0.196 e. The molecule has 2 aromatic rings. The summed E-state index contributed by atoms with van der Waals surface area (Å²) in [6.07, 6.45) is 3.13. The van der Waals surface area contributed by atoms with Crippen molar-refractivity contribution in [1.82, 2.24) is 10.3 Å². The van der Waals surface area contributed by atoms with Crippen LogP contribution in [-0.2, 0) is 11.2 Å². The van der Waals surface area contributed by atoms with E-state index in [4.69, 9.17) is 9.15 Å². The van der Waals surface area contributed by atoms with Crippen LogP contribution >= 0.6 is 15.9 Å². The van der Waals surface area contributed by atoms with Crippen molar-refractivity contribution in [1.29, 1.82) is 0 Å². The number of hydrogen-bond acceptors (Lipinski definition) is 4. The molecule has 1 N–H and O–H groups in total. The van der Waals surface area contributed by atoms with Crippen LogP contribution in [0.2, 0.25) is 0 Å². The molecule has 2 heterocycles. The first-order valence-corrected chi connectivity index (χ1v) is 8.38. The molecule has 1 atom stereocenters. The number of hydrogen-bond donors (Lipinski definition) is 1. The molecule has 1 aliphatic rings. The summed E-state index contributed by atoms with van der Waals surface area (Å²) < 4.78 is 12.2. The normalized spacial score (nSPS) is 18.2. The molecule has 0 bridgehead atoms. The third-order valence-electron chi connectivity index (χ3n) is 4.17. The number of benzene rings is 1. The zero-order valence-corrected chi connectivity index (χ0v) is 13.9. The Labute approximate surface area is 133 Å². The fourth-order valence-corrected chi connectivity index (χ4v) is 3.19. The highest BCUT2D eigenvalue weighted by Crippen LogP contribution is 2.21. The topological polar surface area (TPSA) is 47.3 Å². The van der Waals surface area contributed by atoms with Crippen LogP contribution in [0.25, 0.3) is 11.1 Å². The number of nitrogens with one attached hydrogen (secondary N) is 1. The standard InChI is InChI=1S/C16H21BrN2O2/c1-11(12-5-8-20-9-6-12)18-7-4-16-19-14-10-13(17)2-3-15(14)21-16/h2-3,10-12,18H,4-9H2,1H3/t11-/m0/s1. The molecule has 0 aliphatic carbocycles. The molecule has 0 spiro atoms. The predicted molar refractivity (Wildman–Crippen MR) is 86.4 cm³/mol. The van der Waals surface area contributed by atoms with Gasteiger partial charge in [0.2, 0.25) is 0 Å². The highest BCUT2D eigenvalue weighted by atomic mass is 79.9. The molecule has 0 amide bonds. The van der Waals surface area contributed by atoms with E-state index in [1.54, 1.807) is 0 Å². The molecule has 1 aromatic carbocycles. The van der Waals surface area contributed by atoms with Crippen LogP contribution in [-0.4, -0.2) is 30.8 Å². The van der Waals surface area contributed by atoms with Crippen molar-refractivity contribution in [2.24, 2.45) is 5.92 Å². The van der Waals surface area contributed by atoms with Gasteiger partial charge in [-0.2, -0.15) is 0 Å². The van der Waals surface area contributed by atoms with Crippen LogP contribution in [0.3, 0.4) is 0 Å². The third-order valence-corrected chi connectivity index (χ3v) is 4.67. The number of aromatic nitrogens is 1. The lowest BCUT2D eigenvalue weighted by atomic mass is 9.93. The molecule has 1 fully saturated rings. The molecule has 0 unspecified atom stereocenters. The van der Waals surface area contributed by atoms with Gasteiger partial charge in [0, 0.05) is 36.7 Å². The number of ether oxygens (including phenoxy) is 1. The summed E-state index contributed by atoms with van der Waals surface area (Å²) in [5.74, 6) is 1.52. The average molecular weight is 353 g/mol. The van der Waals surface area contributed by atoms with Crippen molar-refractivity contribution < 1.29 is 9.15 Å². The first-order valence-electron chi connectivity index (χ1n) is 7.58. The van der Waals surface area contributed by atoms with Crippen molar-refractivity contribution in [2.45, 2.75) is 32.2 Å². The summed E-state index contributed by atoms with van der Waals surface area (Å²) in [5.41, 5.74) is 1.77. The predicted octanol–water partition coefficient (Wildman–Crippen LogP) is 3.54. The lowest BCUT2D eigenvalue weighted by Gasteiger charge is -2.28. The van der Waals surface area contributed by atoms with Gasteiger partial charge in [0.1, 0.15) is 5.52 Å². The maximum Gasteiger partial charge on any atom is 0.196 e. The lowest BCUT2D eigenvalue weighted by Crippen LogP contribution is -2.37. The molecule has 21 heavy (non-hydrogen) atoms. The van der Waals surface area contributed by atoms with Gasteiger partial charge in [0.15, 0.2) is 11.5 Å². The maximum absolute atomic E-state index is 5.76. The largest absolute Gasteiger partial charge is 0.441 e. The summed E-state index contributed by atoms with van der Waals surface area (Å²) in [5, 5.41) is 3.59. The fraction of sp³-hybridized carbons (Fsp3) is 0.562. The van der Waals surface area contributed by atoms with Crippen LogP contribution in [0.15, 0.2) is 27.1 Å². The number of rotatable bonds is 5. The first-order chi connectivity index (χ1) is 10.2. The molecule has 3 rings (SSSR count). The molecular formula is C16H21BrN2O2. The Bertz CT molecular complexity index is 593. The van der Waals surface area contributed by atoms with Crippen molar-refractivity contribution >= 4 is 27.0 Å². The highest BCUT2D eigenvalue weighted by molar-refractivity contribution is 9.10. The van der Waals surface area contributed by atoms with Gasteiger partial charge in [-0.25, -0.2) is 4.98 Å². The van der Waals surface area contributed by atoms with E-state index in [2.05, 4.69) is 33.2 Å². The molecule has 114 valence electrons. The number of halogens is 1. The Balaban J connectivity index is 1.51. The van der Waals surface area contributed by atoms with Crippen LogP contribution in [0.1, 0.15) is 25.7 Å². The van der Waals surface area contributed by atoms with Gasteiger partial charge in [0.05, 0.1) is 0 Å². The van der Waals surface area contributed by atoms with Crippen LogP contribution in [0.5, 0.6) is 0 Å². The second-order valence-corrected chi connectivity index (χ2v) is 6.58. The average Bonchev–Trinajstić information content (AvgIpc) is 2.89. The minimum absolute atomic E-state index is 0.521. The quantitative estimate of drug-likeness (QED) is 0.893. The van der Waals surface area contributed by atoms with Crippen molar-refractivity contribution in [2.75, 3.05) is 19.8 Å². The van der Waals surface area contributed by atoms with E-state index in [1.807, 2.05) is 18.2 Å². The van der Waals surface area contributed by atoms with Gasteiger partial charge < -0.3 is 14.5 Å². The lowest BCUT2D eigenvalue weighted by molar-refractivity contribution is 0.0560. The molecule has 1 saturated heterocycles. The second kappa shape index (κ2) is 6.90. The Hall–Kier alpha value is -0.910. The zero-order valence-electron chi connectivity index (χ0n) is 12.3. The van der Waals surface area contributed by atoms with Crippen LogP contribution in [0.4, 0.5) is 0 Å². The van der Waals surface area contributed by atoms with E-state index in [0.717, 1.165) is 66.4 Å². The van der Waals surface area contributed by atoms with Gasteiger partial charge in [0.25, 0.3) is 0 Å². The zero-order chi connectivity index (χ0) is 14.7. The SMILES string of the molecule is C[C@H](NCCc1nc2cc(Br)ccc2o1)C1CCOCC1. The van der Waals surface area contributed by atoms with Gasteiger partial charge in [-0.05, 0) is 43.9 Å². The molecular weight excluding hydrogens is 332 g/mol. The minimum atomic E-state index is 0.521. The van der Waals surface area contributed by atoms with Crippen LogP contribution in [0, 0.1) is 5.92 Å². The molecule has 0 saturated carbocycles. The van der Waals surface area contributed by atoms with Gasteiger partial charge in [-0.1, -0.05) is 15.9 Å². The Morgan fingerprint density at radius 1 is 1.38 bits per heavy atom. The number of fused-ring (bicyclic) bond motifs is 1. The van der Waals surface area contributed by atoms with Gasteiger partial charge in [-0.3, -0.25) is 0 Å². The van der Waals surface area contributed by atoms with E-state index in [9.17, 15) is 0 Å². The van der Waals surface area contributed by atoms with E-state index in [0.29, 0.717) is 6.04 Å². The molecule has 5 heteroatoms. The Kier molecular flexibility index (Phi) is 4.93. The number of oxazole rings is 1. The number of nitrogens with zero attached hydrogens (tertiary/aromatic N) is 1. The van der Waals surface area contributed by atoms with E-state index >= 15 is 0 Å². The summed E-state index contributed by atoms with van der Waals surface area (Å²) in [6, 6.07) is 6.43. The third kappa shape index (κ3) is 3.84. The van der Waals surface area contributed by atoms with Crippen molar-refractivity contribution in [3.63, 3.8) is 0 Å². The van der Waals surface area contributed by atoms with Crippen molar-refractivity contribution in [3.8, 4) is 0 Å². The molecule has 4 nitrogen and oxygen atoms in total. The monoisotopic (exact) mass is 352 g/mol. The van der Waals surface area contributed by atoms with E-state index in [1.165, 1.54) is 0 Å². The Morgan fingerprint density at radius 2 is 2.19 bits per heavy atom. The van der Waals surface area contributed by atoms with Crippen LogP contribution < -0.4 is 5.32 Å². The Morgan fingerprint density at radius 3 is 3.00 bits per heavy atom. The van der Waals surface area contributed by atoms with Gasteiger partial charge >= 0.3 is 0 Å². The molecule has 1 aromatic heterocycles. The first kappa shape index (κ1) is 15.0. The minimum Gasteiger partial charge on any atom is -0.441 e. The summed E-state index contributed by atoms with van der Waals surface area (Å²) in [7, 11) is 0. The molecule has 1 aliphatic heterocycles. The molecule has 0 radical (unpaired) electrons. The fourth-order valence-electron chi connectivity index (χ4n) is 2.84. The van der Waals surface area contributed by atoms with Gasteiger partial charge in [-0.15, -0.1) is 0 Å². The summed E-state index contributed by atoms with van der Waals surface area (Å²) in [6.45, 7) is 4.96. The second-order valence-electron chi connectivity index (χ2n) is 5.66. The van der Waals surface area contributed by atoms with Crippen molar-refractivity contribution in [3.05, 3.63) is 28.6 Å². The summed E-state index contributed by atoms with van der Waals surface area (Å²) in [4.78, 5) is 4.53. The van der Waals surface area contributed by atoms with E-state index in [-0.39, 0.29) is 0 Å². The summed E-state index contributed by atoms with van der Waals surface area (Å²) >= 11 is 3.45. The van der Waals surface area contributed by atoms with E-state index < -0.39 is 0 Å². The highest BCUT2D eigenvalue weighted by Gasteiger charge is 2.19.